The maximum atomic E-state index is 5.20. The lowest BCUT2D eigenvalue weighted by Gasteiger charge is -2.34. The zero-order chi connectivity index (χ0) is 12.8. The molecule has 0 aromatic rings. The first kappa shape index (κ1) is 15.9. The van der Waals surface area contributed by atoms with Crippen molar-refractivity contribution in [2.45, 2.75) is 58.7 Å². The highest BCUT2D eigenvalue weighted by atomic mass is 16.5. The molecule has 2 atom stereocenters. The minimum absolute atomic E-state index is 0.193. The van der Waals surface area contributed by atoms with Gasteiger partial charge in [0.25, 0.3) is 0 Å². The zero-order valence-electron chi connectivity index (χ0n) is 12.1. The third kappa shape index (κ3) is 6.46. The summed E-state index contributed by atoms with van der Waals surface area (Å²) in [6.45, 7) is 12.9. The van der Waals surface area contributed by atoms with Gasteiger partial charge in [-0.3, -0.25) is 4.90 Å². The molecular weight excluding hydrogens is 200 g/mol. The summed E-state index contributed by atoms with van der Waals surface area (Å²) in [5.41, 5.74) is 0.193. The van der Waals surface area contributed by atoms with Gasteiger partial charge in [-0.15, -0.1) is 0 Å². The lowest BCUT2D eigenvalue weighted by atomic mass is 10.1. The molecule has 0 spiro atoms. The van der Waals surface area contributed by atoms with Crippen LogP contribution in [0.2, 0.25) is 0 Å². The van der Waals surface area contributed by atoms with Crippen molar-refractivity contribution >= 4 is 0 Å². The minimum atomic E-state index is 0.193. The molecule has 16 heavy (non-hydrogen) atoms. The van der Waals surface area contributed by atoms with Crippen molar-refractivity contribution in [1.82, 2.24) is 10.2 Å². The predicted octanol–water partition coefficient (Wildman–Crippen LogP) is 2.12. The number of hydrogen-bond donors (Lipinski definition) is 1. The summed E-state index contributed by atoms with van der Waals surface area (Å²) in [7, 11) is 3.95. The highest BCUT2D eigenvalue weighted by molar-refractivity contribution is 4.79. The Bertz CT molecular complexity index is 177. The quantitative estimate of drug-likeness (QED) is 0.725. The predicted molar refractivity (Wildman–Crippen MR) is 70.9 cm³/mol. The van der Waals surface area contributed by atoms with Crippen LogP contribution in [0.5, 0.6) is 0 Å². The summed E-state index contributed by atoms with van der Waals surface area (Å²) in [5, 5.41) is 3.57. The summed E-state index contributed by atoms with van der Waals surface area (Å²) in [6, 6.07) is 1.04. The van der Waals surface area contributed by atoms with Crippen LogP contribution in [0.4, 0.5) is 0 Å². The molecule has 0 fully saturated rings. The van der Waals surface area contributed by atoms with E-state index in [0.717, 1.165) is 19.6 Å². The van der Waals surface area contributed by atoms with Crippen molar-refractivity contribution in [3.63, 3.8) is 0 Å². The molecule has 0 saturated carbocycles. The van der Waals surface area contributed by atoms with Gasteiger partial charge in [0.1, 0.15) is 0 Å². The van der Waals surface area contributed by atoms with E-state index in [1.54, 1.807) is 7.11 Å². The van der Waals surface area contributed by atoms with Crippen molar-refractivity contribution in [2.24, 2.45) is 0 Å². The van der Waals surface area contributed by atoms with Gasteiger partial charge in [-0.1, -0.05) is 6.92 Å². The Morgan fingerprint density at radius 2 is 1.88 bits per heavy atom. The van der Waals surface area contributed by atoms with Crippen LogP contribution in [-0.4, -0.2) is 49.8 Å². The van der Waals surface area contributed by atoms with Crippen LogP contribution in [0.25, 0.3) is 0 Å². The van der Waals surface area contributed by atoms with E-state index in [1.165, 1.54) is 0 Å². The van der Waals surface area contributed by atoms with Crippen LogP contribution in [0.3, 0.4) is 0 Å². The van der Waals surface area contributed by atoms with Crippen molar-refractivity contribution in [2.75, 3.05) is 27.3 Å². The Kier molecular flexibility index (Phi) is 7.20. The number of methoxy groups -OCH3 is 1. The maximum Gasteiger partial charge on any atom is 0.0615 e. The molecule has 2 unspecified atom stereocenters. The smallest absolute Gasteiger partial charge is 0.0615 e. The normalized spacial score (nSPS) is 16.5. The van der Waals surface area contributed by atoms with Gasteiger partial charge >= 0.3 is 0 Å². The van der Waals surface area contributed by atoms with E-state index in [2.05, 4.69) is 51.9 Å². The van der Waals surface area contributed by atoms with Crippen molar-refractivity contribution in [1.29, 1.82) is 0 Å². The average molecular weight is 230 g/mol. The van der Waals surface area contributed by atoms with E-state index in [0.29, 0.717) is 12.1 Å². The second-order valence-electron chi connectivity index (χ2n) is 5.66. The van der Waals surface area contributed by atoms with E-state index >= 15 is 0 Å². The molecule has 0 aromatic heterocycles. The lowest BCUT2D eigenvalue weighted by Crippen LogP contribution is -2.49. The summed E-state index contributed by atoms with van der Waals surface area (Å²) < 4.78 is 5.20. The van der Waals surface area contributed by atoms with Crippen LogP contribution < -0.4 is 5.32 Å². The van der Waals surface area contributed by atoms with Crippen molar-refractivity contribution < 1.29 is 4.74 Å². The van der Waals surface area contributed by atoms with Crippen LogP contribution in [-0.2, 0) is 4.74 Å². The largest absolute Gasteiger partial charge is 0.383 e. The SMILES string of the molecule is CCC(CNC(C)(C)C)N(C)C(C)COC. The highest BCUT2D eigenvalue weighted by Crippen LogP contribution is 2.08. The molecular formula is C13H30N2O. The Balaban J connectivity index is 4.16. The van der Waals surface area contributed by atoms with Gasteiger partial charge in [0, 0.05) is 31.3 Å². The molecule has 0 aliphatic heterocycles. The Morgan fingerprint density at radius 1 is 1.31 bits per heavy atom. The van der Waals surface area contributed by atoms with Gasteiger partial charge in [0.05, 0.1) is 6.61 Å². The van der Waals surface area contributed by atoms with Crippen LogP contribution >= 0.6 is 0 Å². The molecule has 0 saturated heterocycles. The van der Waals surface area contributed by atoms with Crippen LogP contribution in [0, 0.1) is 0 Å². The summed E-state index contributed by atoms with van der Waals surface area (Å²) in [5.74, 6) is 0. The maximum absolute atomic E-state index is 5.20. The molecule has 0 bridgehead atoms. The van der Waals surface area contributed by atoms with Crippen molar-refractivity contribution in [3.8, 4) is 0 Å². The lowest BCUT2D eigenvalue weighted by molar-refractivity contribution is 0.0849. The summed E-state index contributed by atoms with van der Waals surface area (Å²) >= 11 is 0. The fraction of sp³-hybridized carbons (Fsp3) is 1.00. The van der Waals surface area contributed by atoms with Gasteiger partial charge < -0.3 is 10.1 Å². The van der Waals surface area contributed by atoms with Crippen LogP contribution in [0.1, 0.15) is 41.0 Å². The first-order valence-corrected chi connectivity index (χ1v) is 6.27. The number of hydrogen-bond acceptors (Lipinski definition) is 3. The number of rotatable bonds is 7. The molecule has 0 amide bonds. The second kappa shape index (κ2) is 7.25. The van der Waals surface area contributed by atoms with E-state index in [4.69, 9.17) is 4.74 Å². The Labute approximate surface area is 102 Å². The van der Waals surface area contributed by atoms with Crippen LogP contribution in [0.15, 0.2) is 0 Å². The number of likely N-dealkylation sites (N-methyl/N-ethyl adjacent to an activating group) is 1. The molecule has 0 rings (SSSR count). The van der Waals surface area contributed by atoms with E-state index in [1.807, 2.05) is 0 Å². The number of nitrogens with zero attached hydrogens (tertiary/aromatic N) is 1. The summed E-state index contributed by atoms with van der Waals surface area (Å²) in [6.07, 6.45) is 1.16. The molecule has 3 nitrogen and oxygen atoms in total. The number of nitrogens with one attached hydrogen (secondary N) is 1. The van der Waals surface area contributed by atoms with Gasteiger partial charge in [0.2, 0.25) is 0 Å². The highest BCUT2D eigenvalue weighted by Gasteiger charge is 2.20. The topological polar surface area (TPSA) is 24.5 Å². The zero-order valence-corrected chi connectivity index (χ0v) is 12.1. The molecule has 0 aliphatic rings. The van der Waals surface area contributed by atoms with Gasteiger partial charge in [-0.25, -0.2) is 0 Å². The fourth-order valence-corrected chi connectivity index (χ4v) is 1.72. The molecule has 0 aromatic carbocycles. The first-order valence-electron chi connectivity index (χ1n) is 6.27. The Morgan fingerprint density at radius 3 is 2.25 bits per heavy atom. The summed E-state index contributed by atoms with van der Waals surface area (Å²) in [4.78, 5) is 2.41. The molecule has 0 heterocycles. The third-order valence-electron chi connectivity index (χ3n) is 3.02. The molecule has 0 radical (unpaired) electrons. The molecule has 98 valence electrons. The third-order valence-corrected chi connectivity index (χ3v) is 3.02. The molecule has 3 heteroatoms. The Hall–Kier alpha value is -0.120. The second-order valence-corrected chi connectivity index (χ2v) is 5.66. The van der Waals surface area contributed by atoms with Crippen molar-refractivity contribution in [3.05, 3.63) is 0 Å². The molecule has 0 aliphatic carbocycles. The fourth-order valence-electron chi connectivity index (χ4n) is 1.72. The average Bonchev–Trinajstić information content (AvgIpc) is 2.17. The van der Waals surface area contributed by atoms with Gasteiger partial charge in [0.15, 0.2) is 0 Å². The van der Waals surface area contributed by atoms with E-state index < -0.39 is 0 Å². The molecule has 1 N–H and O–H groups in total. The van der Waals surface area contributed by atoms with E-state index in [9.17, 15) is 0 Å². The van der Waals surface area contributed by atoms with Gasteiger partial charge in [-0.05, 0) is 41.2 Å². The minimum Gasteiger partial charge on any atom is -0.383 e. The first-order chi connectivity index (χ1) is 7.31. The van der Waals surface area contributed by atoms with E-state index in [-0.39, 0.29) is 5.54 Å². The monoisotopic (exact) mass is 230 g/mol. The number of ether oxygens (including phenoxy) is 1. The van der Waals surface area contributed by atoms with Gasteiger partial charge in [-0.2, -0.15) is 0 Å². The standard InChI is InChI=1S/C13H30N2O/c1-8-12(9-14-13(3,4)5)15(6)11(2)10-16-7/h11-12,14H,8-10H2,1-7H3.